The summed E-state index contributed by atoms with van der Waals surface area (Å²) in [6.45, 7) is 5.34. The zero-order valence-corrected chi connectivity index (χ0v) is 7.74. The molecular formula is C9H16O3. The molecule has 0 aromatic rings. The summed E-state index contributed by atoms with van der Waals surface area (Å²) in [5.74, 6) is -1.65. The van der Waals surface area contributed by atoms with Crippen LogP contribution in [0.4, 0.5) is 0 Å². The van der Waals surface area contributed by atoms with Crippen molar-refractivity contribution in [3.63, 3.8) is 0 Å². The number of carbonyl (C=O) groups is 1. The van der Waals surface area contributed by atoms with E-state index in [4.69, 9.17) is 5.11 Å². The highest BCUT2D eigenvalue weighted by Gasteiger charge is 2.19. The van der Waals surface area contributed by atoms with Crippen molar-refractivity contribution in [3.8, 4) is 0 Å². The topological polar surface area (TPSA) is 57.5 Å². The molecule has 2 unspecified atom stereocenters. The number of allylic oxidation sites excluding steroid dienone is 1. The van der Waals surface area contributed by atoms with E-state index in [1.165, 1.54) is 6.92 Å². The first kappa shape index (κ1) is 11.2. The molecule has 70 valence electrons. The van der Waals surface area contributed by atoms with Crippen LogP contribution in [0.1, 0.15) is 27.2 Å². The number of hydrogen-bond donors (Lipinski definition) is 2. The van der Waals surface area contributed by atoms with Gasteiger partial charge in [-0.05, 0) is 27.2 Å². The summed E-state index contributed by atoms with van der Waals surface area (Å²) in [4.78, 5) is 10.4. The molecule has 0 aromatic heterocycles. The van der Waals surface area contributed by atoms with Gasteiger partial charge in [0.1, 0.15) is 0 Å². The predicted molar refractivity (Wildman–Crippen MR) is 46.9 cm³/mol. The molecular weight excluding hydrogens is 156 g/mol. The zero-order chi connectivity index (χ0) is 9.72. The average molecular weight is 172 g/mol. The molecule has 0 amide bonds. The van der Waals surface area contributed by atoms with Crippen molar-refractivity contribution < 1.29 is 15.0 Å². The van der Waals surface area contributed by atoms with Gasteiger partial charge >= 0.3 is 5.97 Å². The minimum atomic E-state index is -0.954. The molecule has 0 fully saturated rings. The standard InChI is InChI=1S/C9H16O3/c1-6(2)4-5-8(10)7(3)9(11)12/h4,7-8,10H,5H2,1-3H3,(H,11,12). The van der Waals surface area contributed by atoms with Gasteiger partial charge in [0.05, 0.1) is 12.0 Å². The Bertz CT molecular complexity index is 180. The van der Waals surface area contributed by atoms with Gasteiger partial charge < -0.3 is 10.2 Å². The number of carboxylic acids is 1. The lowest BCUT2D eigenvalue weighted by molar-refractivity contribution is -0.144. The van der Waals surface area contributed by atoms with Gasteiger partial charge in [-0.1, -0.05) is 11.6 Å². The van der Waals surface area contributed by atoms with Crippen LogP contribution < -0.4 is 0 Å². The van der Waals surface area contributed by atoms with Gasteiger partial charge in [-0.3, -0.25) is 4.79 Å². The molecule has 0 saturated heterocycles. The molecule has 0 aliphatic rings. The van der Waals surface area contributed by atoms with Gasteiger partial charge in [0.15, 0.2) is 0 Å². The number of carboxylic acid groups (broad SMARTS) is 1. The third kappa shape index (κ3) is 4.13. The van der Waals surface area contributed by atoms with E-state index in [9.17, 15) is 9.90 Å². The Morgan fingerprint density at radius 2 is 2.00 bits per heavy atom. The summed E-state index contributed by atoms with van der Waals surface area (Å²) in [6.07, 6.45) is 1.47. The summed E-state index contributed by atoms with van der Waals surface area (Å²) in [5, 5.41) is 17.8. The first-order chi connectivity index (χ1) is 5.45. The van der Waals surface area contributed by atoms with Crippen molar-refractivity contribution in [1.29, 1.82) is 0 Å². The molecule has 0 bridgehead atoms. The summed E-state index contributed by atoms with van der Waals surface area (Å²) in [6, 6.07) is 0. The molecule has 3 nitrogen and oxygen atoms in total. The van der Waals surface area contributed by atoms with Crippen LogP contribution in [0.3, 0.4) is 0 Å². The predicted octanol–water partition coefficient (Wildman–Crippen LogP) is 1.42. The fraction of sp³-hybridized carbons (Fsp3) is 0.667. The van der Waals surface area contributed by atoms with Gasteiger partial charge in [0, 0.05) is 0 Å². The lowest BCUT2D eigenvalue weighted by Crippen LogP contribution is -2.24. The maximum atomic E-state index is 10.4. The van der Waals surface area contributed by atoms with Crippen molar-refractivity contribution in [2.45, 2.75) is 33.3 Å². The summed E-state index contributed by atoms with van der Waals surface area (Å²) in [5.41, 5.74) is 1.09. The Morgan fingerprint density at radius 3 is 2.33 bits per heavy atom. The molecule has 2 atom stereocenters. The number of aliphatic hydroxyl groups is 1. The van der Waals surface area contributed by atoms with Gasteiger partial charge in [0.2, 0.25) is 0 Å². The molecule has 2 N–H and O–H groups in total. The van der Waals surface area contributed by atoms with Crippen LogP contribution >= 0.6 is 0 Å². The van der Waals surface area contributed by atoms with E-state index in [2.05, 4.69) is 0 Å². The quantitative estimate of drug-likeness (QED) is 0.630. The van der Waals surface area contributed by atoms with E-state index in [1.807, 2.05) is 19.9 Å². The number of rotatable bonds is 4. The van der Waals surface area contributed by atoms with Crippen LogP contribution in [-0.2, 0) is 4.79 Å². The largest absolute Gasteiger partial charge is 0.481 e. The number of aliphatic carboxylic acids is 1. The molecule has 0 saturated carbocycles. The third-order valence-corrected chi connectivity index (χ3v) is 1.73. The highest BCUT2D eigenvalue weighted by Crippen LogP contribution is 2.08. The summed E-state index contributed by atoms with van der Waals surface area (Å²) < 4.78 is 0. The van der Waals surface area contributed by atoms with Gasteiger partial charge in [-0.2, -0.15) is 0 Å². The molecule has 0 aromatic carbocycles. The van der Waals surface area contributed by atoms with Crippen molar-refractivity contribution in [3.05, 3.63) is 11.6 Å². The van der Waals surface area contributed by atoms with Crippen molar-refractivity contribution in [2.75, 3.05) is 0 Å². The van der Waals surface area contributed by atoms with Crippen molar-refractivity contribution >= 4 is 5.97 Å². The Hall–Kier alpha value is -0.830. The fourth-order valence-corrected chi connectivity index (χ4v) is 0.725. The van der Waals surface area contributed by atoms with E-state index < -0.39 is 18.0 Å². The highest BCUT2D eigenvalue weighted by molar-refractivity contribution is 5.70. The second kappa shape index (κ2) is 4.93. The molecule has 12 heavy (non-hydrogen) atoms. The first-order valence-corrected chi connectivity index (χ1v) is 3.99. The van der Waals surface area contributed by atoms with E-state index in [1.54, 1.807) is 0 Å². The van der Waals surface area contributed by atoms with Crippen LogP contribution in [0, 0.1) is 5.92 Å². The van der Waals surface area contributed by atoms with Crippen LogP contribution in [0.25, 0.3) is 0 Å². The minimum Gasteiger partial charge on any atom is -0.481 e. The second-order valence-corrected chi connectivity index (χ2v) is 3.21. The number of hydrogen-bond acceptors (Lipinski definition) is 2. The SMILES string of the molecule is CC(C)=CCC(O)C(C)C(=O)O. The van der Waals surface area contributed by atoms with E-state index in [0.717, 1.165) is 5.57 Å². The van der Waals surface area contributed by atoms with Crippen molar-refractivity contribution in [2.24, 2.45) is 5.92 Å². The molecule has 0 aliphatic heterocycles. The fourth-order valence-electron chi connectivity index (χ4n) is 0.725. The lowest BCUT2D eigenvalue weighted by Gasteiger charge is -2.12. The average Bonchev–Trinajstić information content (AvgIpc) is 1.98. The first-order valence-electron chi connectivity index (χ1n) is 3.99. The highest BCUT2D eigenvalue weighted by atomic mass is 16.4. The maximum absolute atomic E-state index is 10.4. The molecule has 3 heteroatoms. The van der Waals surface area contributed by atoms with Gasteiger partial charge in [0.25, 0.3) is 0 Å². The summed E-state index contributed by atoms with van der Waals surface area (Å²) in [7, 11) is 0. The zero-order valence-electron chi connectivity index (χ0n) is 7.74. The monoisotopic (exact) mass is 172 g/mol. The van der Waals surface area contributed by atoms with Gasteiger partial charge in [-0.15, -0.1) is 0 Å². The molecule has 0 aliphatic carbocycles. The lowest BCUT2D eigenvalue weighted by atomic mass is 10.0. The Kier molecular flexibility index (Phi) is 4.59. The number of aliphatic hydroxyl groups excluding tert-OH is 1. The van der Waals surface area contributed by atoms with E-state index in [0.29, 0.717) is 6.42 Å². The second-order valence-electron chi connectivity index (χ2n) is 3.21. The molecule has 0 rings (SSSR count). The van der Waals surface area contributed by atoms with Crippen molar-refractivity contribution in [1.82, 2.24) is 0 Å². The smallest absolute Gasteiger partial charge is 0.308 e. The van der Waals surface area contributed by atoms with Crippen LogP contribution in [0.2, 0.25) is 0 Å². The summed E-state index contributed by atoms with van der Waals surface area (Å²) >= 11 is 0. The van der Waals surface area contributed by atoms with Gasteiger partial charge in [-0.25, -0.2) is 0 Å². The van der Waals surface area contributed by atoms with Crippen LogP contribution in [0.15, 0.2) is 11.6 Å². The molecule has 0 radical (unpaired) electrons. The Morgan fingerprint density at radius 1 is 1.50 bits per heavy atom. The molecule has 0 spiro atoms. The van der Waals surface area contributed by atoms with Crippen LogP contribution in [-0.4, -0.2) is 22.3 Å². The minimum absolute atomic E-state index is 0.413. The Labute approximate surface area is 72.7 Å². The normalized spacial score (nSPS) is 15.0. The Balaban J connectivity index is 3.95. The third-order valence-electron chi connectivity index (χ3n) is 1.73. The van der Waals surface area contributed by atoms with Crippen LogP contribution in [0.5, 0.6) is 0 Å². The van der Waals surface area contributed by atoms with E-state index in [-0.39, 0.29) is 0 Å². The van der Waals surface area contributed by atoms with E-state index >= 15 is 0 Å². The maximum Gasteiger partial charge on any atom is 0.308 e. The molecule has 0 heterocycles.